The molecule has 28 heavy (non-hydrogen) atoms. The van der Waals surface area contributed by atoms with Crippen molar-refractivity contribution in [2.45, 2.75) is 35.3 Å². The second kappa shape index (κ2) is 6.63. The monoisotopic (exact) mass is 416 g/mol. The summed E-state index contributed by atoms with van der Waals surface area (Å²) in [6.07, 6.45) is 1.94. The van der Waals surface area contributed by atoms with E-state index in [-0.39, 0.29) is 17.6 Å². The number of rotatable bonds is 4. The van der Waals surface area contributed by atoms with Crippen LogP contribution in [0.1, 0.15) is 24.0 Å². The summed E-state index contributed by atoms with van der Waals surface area (Å²) in [5.41, 5.74) is 2.71. The van der Waals surface area contributed by atoms with Gasteiger partial charge in [0.2, 0.25) is 5.91 Å². The fourth-order valence-electron chi connectivity index (χ4n) is 3.78. The van der Waals surface area contributed by atoms with Crippen molar-refractivity contribution in [1.29, 1.82) is 0 Å². The van der Waals surface area contributed by atoms with Gasteiger partial charge in [-0.25, -0.2) is 8.42 Å². The number of hydrogen-bond donors (Lipinski definition) is 1. The van der Waals surface area contributed by atoms with Gasteiger partial charge in [-0.15, -0.1) is 0 Å². The molecule has 2 heterocycles. The third-order valence-electron chi connectivity index (χ3n) is 5.14. The lowest BCUT2D eigenvalue weighted by Gasteiger charge is -2.30. The topological polar surface area (TPSA) is 83.5 Å². The van der Waals surface area contributed by atoms with Crippen molar-refractivity contribution in [3.05, 3.63) is 53.6 Å². The minimum Gasteiger partial charge on any atom is -0.323 e. The molecule has 1 N–H and O–H groups in total. The summed E-state index contributed by atoms with van der Waals surface area (Å²) < 4.78 is 23.3. The Kier molecular flexibility index (Phi) is 4.50. The highest BCUT2D eigenvalue weighted by Gasteiger charge is 2.57. The van der Waals surface area contributed by atoms with Gasteiger partial charge in [0, 0.05) is 23.3 Å². The van der Waals surface area contributed by atoms with Crippen molar-refractivity contribution < 1.29 is 18.0 Å². The first kappa shape index (κ1) is 19.0. The lowest BCUT2D eigenvalue weighted by Crippen LogP contribution is -2.49. The predicted molar refractivity (Wildman–Crippen MR) is 110 cm³/mol. The van der Waals surface area contributed by atoms with E-state index in [0.29, 0.717) is 29.7 Å². The number of para-hydroxylation sites is 1. The normalized spacial score (nSPS) is 20.8. The van der Waals surface area contributed by atoms with Crippen LogP contribution >= 0.6 is 11.8 Å². The minimum atomic E-state index is -3.19. The molecule has 0 saturated carbocycles. The zero-order valence-corrected chi connectivity index (χ0v) is 17.2. The Labute approximate surface area is 168 Å². The number of carbonyl (C=O) groups excluding carboxylic acids is 2. The lowest BCUT2D eigenvalue weighted by atomic mass is 10.1. The lowest BCUT2D eigenvalue weighted by molar-refractivity contribution is -0.121. The quantitative estimate of drug-likeness (QED) is 0.828. The molecule has 2 aliphatic rings. The van der Waals surface area contributed by atoms with Crippen molar-refractivity contribution in [3.63, 3.8) is 0 Å². The fourth-order valence-corrected chi connectivity index (χ4v) is 6.07. The summed E-state index contributed by atoms with van der Waals surface area (Å²) in [4.78, 5) is 27.4. The molecule has 8 heteroatoms. The number of benzene rings is 2. The first-order valence-electron chi connectivity index (χ1n) is 8.90. The molecule has 2 aromatic rings. The molecule has 0 bridgehead atoms. The minimum absolute atomic E-state index is 0.0600. The van der Waals surface area contributed by atoms with E-state index in [0.717, 1.165) is 10.6 Å². The molecule has 0 unspecified atom stereocenters. The zero-order chi connectivity index (χ0) is 20.1. The van der Waals surface area contributed by atoms with E-state index in [4.69, 9.17) is 0 Å². The van der Waals surface area contributed by atoms with Gasteiger partial charge >= 0.3 is 0 Å². The predicted octanol–water partition coefficient (Wildman–Crippen LogP) is 3.11. The van der Waals surface area contributed by atoms with Gasteiger partial charge in [0.05, 0.1) is 11.4 Å². The summed E-state index contributed by atoms with van der Waals surface area (Å²) in [6, 6.07) is 12.8. The smallest absolute Gasteiger partial charge is 0.261 e. The van der Waals surface area contributed by atoms with Crippen molar-refractivity contribution in [2.75, 3.05) is 16.5 Å². The number of nitrogens with one attached hydrogen (secondary N) is 1. The van der Waals surface area contributed by atoms with Gasteiger partial charge in [0.25, 0.3) is 5.91 Å². The second-order valence-corrected chi connectivity index (χ2v) is 10.7. The maximum Gasteiger partial charge on any atom is 0.261 e. The average Bonchev–Trinajstić information content (AvgIpc) is 3.13. The van der Waals surface area contributed by atoms with Gasteiger partial charge in [0.1, 0.15) is 0 Å². The van der Waals surface area contributed by atoms with Crippen LogP contribution in [-0.4, -0.2) is 31.4 Å². The molecular formula is C20H20N2O4S2. The van der Waals surface area contributed by atoms with Crippen LogP contribution in [0.15, 0.2) is 47.4 Å². The van der Waals surface area contributed by atoms with Crippen molar-refractivity contribution in [2.24, 2.45) is 0 Å². The number of hydrogen-bond acceptors (Lipinski definition) is 5. The highest BCUT2D eigenvalue weighted by atomic mass is 32.2. The number of anilines is 2. The molecule has 0 radical (unpaired) electrons. The molecule has 2 amide bonds. The van der Waals surface area contributed by atoms with Gasteiger partial charge < -0.3 is 5.32 Å². The van der Waals surface area contributed by atoms with E-state index in [1.54, 1.807) is 30.0 Å². The standard InChI is InChI=1S/C20H20N2O4S2/c1-13-14(12-28(2,25)26)6-5-7-15(13)21-19(24)20-11-10-18(23)22(20)16-8-3-4-9-17(16)27-20/h3-9H,10-12H2,1-2H3,(H,21,24)/t20-/m0/s1. The van der Waals surface area contributed by atoms with Crippen LogP contribution in [-0.2, 0) is 25.2 Å². The highest BCUT2D eigenvalue weighted by molar-refractivity contribution is 8.02. The van der Waals surface area contributed by atoms with Gasteiger partial charge in [-0.1, -0.05) is 36.0 Å². The number of nitrogens with zero attached hydrogens (tertiary/aromatic N) is 1. The summed E-state index contributed by atoms with van der Waals surface area (Å²) in [7, 11) is -3.19. The first-order chi connectivity index (χ1) is 13.2. The van der Waals surface area contributed by atoms with E-state index in [1.165, 1.54) is 18.0 Å². The molecule has 2 aliphatic heterocycles. The van der Waals surface area contributed by atoms with E-state index < -0.39 is 14.7 Å². The van der Waals surface area contributed by atoms with Crippen LogP contribution in [0.2, 0.25) is 0 Å². The third-order valence-corrected chi connectivity index (χ3v) is 7.45. The number of fused-ring (bicyclic) bond motifs is 3. The highest BCUT2D eigenvalue weighted by Crippen LogP contribution is 2.56. The molecule has 146 valence electrons. The van der Waals surface area contributed by atoms with Gasteiger partial charge in [-0.2, -0.15) is 0 Å². The Hall–Kier alpha value is -2.32. The maximum absolute atomic E-state index is 13.3. The van der Waals surface area contributed by atoms with Crippen LogP contribution in [0.3, 0.4) is 0 Å². The van der Waals surface area contributed by atoms with Crippen molar-refractivity contribution in [3.8, 4) is 0 Å². The molecule has 1 saturated heterocycles. The van der Waals surface area contributed by atoms with Crippen molar-refractivity contribution in [1.82, 2.24) is 0 Å². The Bertz CT molecular complexity index is 1100. The van der Waals surface area contributed by atoms with Gasteiger partial charge in [-0.3, -0.25) is 14.5 Å². The Morgan fingerprint density at radius 2 is 1.96 bits per heavy atom. The molecule has 0 spiro atoms. The number of carbonyl (C=O) groups is 2. The van der Waals surface area contributed by atoms with Crippen LogP contribution in [0.4, 0.5) is 11.4 Å². The van der Waals surface area contributed by atoms with Crippen molar-refractivity contribution >= 4 is 44.8 Å². The largest absolute Gasteiger partial charge is 0.323 e. The molecule has 1 atom stereocenters. The summed E-state index contributed by atoms with van der Waals surface area (Å²) in [5.74, 6) is -0.410. The molecule has 4 rings (SSSR count). The summed E-state index contributed by atoms with van der Waals surface area (Å²) in [6.45, 7) is 1.79. The average molecular weight is 417 g/mol. The third kappa shape index (κ3) is 3.10. The van der Waals surface area contributed by atoms with Crippen LogP contribution in [0, 0.1) is 6.92 Å². The molecule has 6 nitrogen and oxygen atoms in total. The number of sulfone groups is 1. The van der Waals surface area contributed by atoms with Crippen LogP contribution < -0.4 is 10.2 Å². The summed E-state index contributed by atoms with van der Waals surface area (Å²) in [5, 5.41) is 2.95. The van der Waals surface area contributed by atoms with E-state index >= 15 is 0 Å². The molecule has 0 aliphatic carbocycles. The van der Waals surface area contributed by atoms with Crippen LogP contribution in [0.25, 0.3) is 0 Å². The molecular weight excluding hydrogens is 396 g/mol. The van der Waals surface area contributed by atoms with Crippen LogP contribution in [0.5, 0.6) is 0 Å². The number of thioether (sulfide) groups is 1. The maximum atomic E-state index is 13.3. The first-order valence-corrected chi connectivity index (χ1v) is 11.8. The van der Waals surface area contributed by atoms with Gasteiger partial charge in [-0.05, 0) is 42.7 Å². The Morgan fingerprint density at radius 3 is 2.71 bits per heavy atom. The molecule has 1 fully saturated rings. The molecule has 2 aromatic carbocycles. The van der Waals surface area contributed by atoms with E-state index in [9.17, 15) is 18.0 Å². The van der Waals surface area contributed by atoms with Gasteiger partial charge in [0.15, 0.2) is 14.7 Å². The second-order valence-electron chi connectivity index (χ2n) is 7.20. The zero-order valence-electron chi connectivity index (χ0n) is 15.6. The molecule has 0 aromatic heterocycles. The summed E-state index contributed by atoms with van der Waals surface area (Å²) >= 11 is 1.40. The Balaban J connectivity index is 1.66. The SMILES string of the molecule is Cc1c(CS(C)(=O)=O)cccc1NC(=O)[C@@]12CCC(=O)N1c1ccccc1S2. The van der Waals surface area contributed by atoms with E-state index in [2.05, 4.69) is 5.32 Å². The fraction of sp³-hybridized carbons (Fsp3) is 0.300. The number of amides is 2. The Morgan fingerprint density at radius 1 is 1.21 bits per heavy atom. The van der Waals surface area contributed by atoms with E-state index in [1.807, 2.05) is 24.3 Å².